The van der Waals surface area contributed by atoms with Gasteiger partial charge in [-0.2, -0.15) is 0 Å². The molecular weight excluding hydrogens is 188 g/mol. The summed E-state index contributed by atoms with van der Waals surface area (Å²) in [5.74, 6) is 1.04. The molecular formula is C12H18N2O. The highest BCUT2D eigenvalue weighted by Crippen LogP contribution is 2.19. The van der Waals surface area contributed by atoms with Gasteiger partial charge in [-0.1, -0.05) is 6.07 Å². The molecule has 2 rings (SSSR count). The summed E-state index contributed by atoms with van der Waals surface area (Å²) < 4.78 is 0. The third-order valence-corrected chi connectivity index (χ3v) is 2.93. The summed E-state index contributed by atoms with van der Waals surface area (Å²) in [4.78, 5) is 6.70. The van der Waals surface area contributed by atoms with Crippen LogP contribution < -0.4 is 4.90 Å². The van der Waals surface area contributed by atoms with Crippen molar-refractivity contribution in [3.63, 3.8) is 0 Å². The summed E-state index contributed by atoms with van der Waals surface area (Å²) in [7, 11) is 0. The van der Waals surface area contributed by atoms with E-state index in [-0.39, 0.29) is 0 Å². The SMILES string of the molecule is CC(O)c1ccc(N2CCCCC2)nc1. The van der Waals surface area contributed by atoms with Crippen molar-refractivity contribution in [2.24, 2.45) is 0 Å². The van der Waals surface area contributed by atoms with Gasteiger partial charge in [0, 0.05) is 19.3 Å². The summed E-state index contributed by atoms with van der Waals surface area (Å²) in [5.41, 5.74) is 0.885. The van der Waals surface area contributed by atoms with Crippen LogP contribution in [0.2, 0.25) is 0 Å². The fraction of sp³-hybridized carbons (Fsp3) is 0.583. The number of hydrogen-bond donors (Lipinski definition) is 1. The standard InChI is InChI=1S/C12H18N2O/c1-10(15)11-5-6-12(13-9-11)14-7-3-2-4-8-14/h5-6,9-10,15H,2-4,7-8H2,1H3. The maximum atomic E-state index is 9.37. The average molecular weight is 206 g/mol. The van der Waals surface area contributed by atoms with E-state index in [2.05, 4.69) is 9.88 Å². The second kappa shape index (κ2) is 4.62. The van der Waals surface area contributed by atoms with E-state index < -0.39 is 6.10 Å². The number of piperidine rings is 1. The van der Waals surface area contributed by atoms with Crippen LogP contribution in [0.5, 0.6) is 0 Å². The number of aromatic nitrogens is 1. The minimum absolute atomic E-state index is 0.423. The summed E-state index contributed by atoms with van der Waals surface area (Å²) in [6, 6.07) is 3.97. The maximum Gasteiger partial charge on any atom is 0.128 e. The molecule has 0 spiro atoms. The molecule has 0 aromatic carbocycles. The average Bonchev–Trinajstić information content (AvgIpc) is 2.30. The molecule has 0 saturated carbocycles. The quantitative estimate of drug-likeness (QED) is 0.805. The first-order valence-corrected chi connectivity index (χ1v) is 5.66. The summed E-state index contributed by atoms with van der Waals surface area (Å²) in [5, 5.41) is 9.37. The van der Waals surface area contributed by atoms with Gasteiger partial charge in [-0.05, 0) is 37.8 Å². The van der Waals surface area contributed by atoms with Crippen molar-refractivity contribution >= 4 is 5.82 Å². The van der Waals surface area contributed by atoms with Gasteiger partial charge < -0.3 is 10.0 Å². The second-order valence-corrected chi connectivity index (χ2v) is 4.17. The molecule has 1 aromatic rings. The third kappa shape index (κ3) is 2.48. The van der Waals surface area contributed by atoms with Crippen LogP contribution >= 0.6 is 0 Å². The van der Waals surface area contributed by atoms with E-state index in [9.17, 15) is 5.11 Å². The van der Waals surface area contributed by atoms with Crippen molar-refractivity contribution in [3.05, 3.63) is 23.9 Å². The van der Waals surface area contributed by atoms with Gasteiger partial charge in [-0.25, -0.2) is 4.98 Å². The number of rotatable bonds is 2. The Kier molecular flexibility index (Phi) is 3.21. The normalized spacial score (nSPS) is 18.9. The number of hydrogen-bond acceptors (Lipinski definition) is 3. The molecule has 1 fully saturated rings. The van der Waals surface area contributed by atoms with Crippen molar-refractivity contribution in [1.82, 2.24) is 4.98 Å². The Hall–Kier alpha value is -1.09. The zero-order valence-electron chi connectivity index (χ0n) is 9.19. The minimum atomic E-state index is -0.423. The number of aliphatic hydroxyl groups is 1. The number of nitrogens with zero attached hydrogens (tertiary/aromatic N) is 2. The first-order valence-electron chi connectivity index (χ1n) is 5.66. The van der Waals surface area contributed by atoms with Crippen LogP contribution in [-0.2, 0) is 0 Å². The Morgan fingerprint density at radius 3 is 2.53 bits per heavy atom. The van der Waals surface area contributed by atoms with Crippen molar-refractivity contribution in [1.29, 1.82) is 0 Å². The van der Waals surface area contributed by atoms with Gasteiger partial charge in [0.05, 0.1) is 6.10 Å². The molecule has 1 aromatic heterocycles. The van der Waals surface area contributed by atoms with E-state index in [1.165, 1.54) is 19.3 Å². The molecule has 3 nitrogen and oxygen atoms in total. The Morgan fingerprint density at radius 2 is 2.00 bits per heavy atom. The zero-order valence-corrected chi connectivity index (χ0v) is 9.19. The molecule has 1 N–H and O–H groups in total. The molecule has 1 aliphatic rings. The second-order valence-electron chi connectivity index (χ2n) is 4.17. The van der Waals surface area contributed by atoms with Gasteiger partial charge in [0.2, 0.25) is 0 Å². The largest absolute Gasteiger partial charge is 0.389 e. The highest BCUT2D eigenvalue weighted by atomic mass is 16.3. The molecule has 0 bridgehead atoms. The van der Waals surface area contributed by atoms with Gasteiger partial charge in [0.1, 0.15) is 5.82 Å². The van der Waals surface area contributed by atoms with Gasteiger partial charge in [0.15, 0.2) is 0 Å². The Labute approximate surface area is 90.8 Å². The molecule has 2 heterocycles. The van der Waals surface area contributed by atoms with Gasteiger partial charge in [0.25, 0.3) is 0 Å². The zero-order chi connectivity index (χ0) is 10.7. The van der Waals surface area contributed by atoms with E-state index in [1.54, 1.807) is 13.1 Å². The van der Waals surface area contributed by atoms with Crippen molar-refractivity contribution in [3.8, 4) is 0 Å². The molecule has 1 saturated heterocycles. The number of aliphatic hydroxyl groups excluding tert-OH is 1. The lowest BCUT2D eigenvalue weighted by atomic mass is 10.1. The van der Waals surface area contributed by atoms with Crippen LogP contribution in [0, 0.1) is 0 Å². The monoisotopic (exact) mass is 206 g/mol. The first-order chi connectivity index (χ1) is 7.27. The lowest BCUT2D eigenvalue weighted by molar-refractivity contribution is 0.199. The van der Waals surface area contributed by atoms with Crippen LogP contribution in [0.25, 0.3) is 0 Å². The lowest BCUT2D eigenvalue weighted by Crippen LogP contribution is -2.30. The van der Waals surface area contributed by atoms with Gasteiger partial charge in [-0.3, -0.25) is 0 Å². The predicted molar refractivity (Wildman–Crippen MR) is 60.9 cm³/mol. The van der Waals surface area contributed by atoms with Gasteiger partial charge >= 0.3 is 0 Å². The minimum Gasteiger partial charge on any atom is -0.389 e. The fourth-order valence-corrected chi connectivity index (χ4v) is 1.95. The highest BCUT2D eigenvalue weighted by molar-refractivity contribution is 5.39. The lowest BCUT2D eigenvalue weighted by Gasteiger charge is -2.27. The van der Waals surface area contributed by atoms with Crippen LogP contribution in [0.4, 0.5) is 5.82 Å². The summed E-state index contributed by atoms with van der Waals surface area (Å²) in [6.07, 6.45) is 5.21. The van der Waals surface area contributed by atoms with Crippen molar-refractivity contribution in [2.45, 2.75) is 32.3 Å². The number of pyridine rings is 1. The van der Waals surface area contributed by atoms with Crippen LogP contribution in [-0.4, -0.2) is 23.2 Å². The van der Waals surface area contributed by atoms with E-state index in [1.807, 2.05) is 12.1 Å². The summed E-state index contributed by atoms with van der Waals surface area (Å²) in [6.45, 7) is 3.99. The first kappa shape index (κ1) is 10.4. The third-order valence-electron chi connectivity index (χ3n) is 2.93. The van der Waals surface area contributed by atoms with E-state index >= 15 is 0 Å². The number of anilines is 1. The van der Waals surface area contributed by atoms with E-state index in [0.717, 1.165) is 24.5 Å². The molecule has 1 atom stereocenters. The van der Waals surface area contributed by atoms with E-state index in [0.29, 0.717) is 0 Å². The topological polar surface area (TPSA) is 36.4 Å². The summed E-state index contributed by atoms with van der Waals surface area (Å²) >= 11 is 0. The smallest absolute Gasteiger partial charge is 0.128 e. The molecule has 0 aliphatic carbocycles. The van der Waals surface area contributed by atoms with Crippen LogP contribution in [0.1, 0.15) is 37.9 Å². The molecule has 1 unspecified atom stereocenters. The molecule has 15 heavy (non-hydrogen) atoms. The molecule has 1 aliphatic heterocycles. The van der Waals surface area contributed by atoms with Crippen molar-refractivity contribution < 1.29 is 5.11 Å². The maximum absolute atomic E-state index is 9.37. The molecule has 0 radical (unpaired) electrons. The van der Waals surface area contributed by atoms with Crippen LogP contribution in [0.3, 0.4) is 0 Å². The van der Waals surface area contributed by atoms with Crippen LogP contribution in [0.15, 0.2) is 18.3 Å². The Balaban J connectivity index is 2.08. The Morgan fingerprint density at radius 1 is 1.27 bits per heavy atom. The van der Waals surface area contributed by atoms with Crippen molar-refractivity contribution in [2.75, 3.05) is 18.0 Å². The highest BCUT2D eigenvalue weighted by Gasteiger charge is 2.12. The Bertz CT molecular complexity index is 302. The fourth-order valence-electron chi connectivity index (χ4n) is 1.95. The predicted octanol–water partition coefficient (Wildman–Crippen LogP) is 2.13. The van der Waals surface area contributed by atoms with E-state index in [4.69, 9.17) is 0 Å². The molecule has 0 amide bonds. The molecule has 3 heteroatoms. The van der Waals surface area contributed by atoms with Gasteiger partial charge in [-0.15, -0.1) is 0 Å². The molecule has 82 valence electrons.